The number of hydrogen-bond acceptors (Lipinski definition) is 2. The van der Waals surface area contributed by atoms with Gasteiger partial charge in [0.15, 0.2) is 0 Å². The SMILES string of the molecule is CC(C)(O)C(C(=O)O)c1ccccc1. The van der Waals surface area contributed by atoms with Gasteiger partial charge in [0.05, 0.1) is 5.60 Å². The van der Waals surface area contributed by atoms with Gasteiger partial charge in [-0.15, -0.1) is 0 Å². The summed E-state index contributed by atoms with van der Waals surface area (Å²) in [5, 5.41) is 18.7. The topological polar surface area (TPSA) is 57.5 Å². The second-order valence-corrected chi connectivity index (χ2v) is 3.84. The van der Waals surface area contributed by atoms with Crippen molar-refractivity contribution in [3.63, 3.8) is 0 Å². The Morgan fingerprint density at radius 2 is 1.79 bits per heavy atom. The van der Waals surface area contributed by atoms with Gasteiger partial charge in [0.2, 0.25) is 0 Å². The fourth-order valence-electron chi connectivity index (χ4n) is 1.50. The molecule has 0 saturated carbocycles. The van der Waals surface area contributed by atoms with Gasteiger partial charge >= 0.3 is 5.97 Å². The molecule has 1 aromatic rings. The first-order chi connectivity index (χ1) is 6.43. The average Bonchev–Trinajstić information content (AvgIpc) is 2.02. The predicted molar refractivity (Wildman–Crippen MR) is 53.1 cm³/mol. The van der Waals surface area contributed by atoms with Crippen LogP contribution in [0.25, 0.3) is 0 Å². The van der Waals surface area contributed by atoms with E-state index in [4.69, 9.17) is 5.11 Å². The molecular weight excluding hydrogens is 180 g/mol. The third kappa shape index (κ3) is 2.33. The highest BCUT2D eigenvalue weighted by atomic mass is 16.4. The van der Waals surface area contributed by atoms with Gasteiger partial charge in [-0.1, -0.05) is 30.3 Å². The summed E-state index contributed by atoms with van der Waals surface area (Å²) in [4.78, 5) is 11.0. The summed E-state index contributed by atoms with van der Waals surface area (Å²) < 4.78 is 0. The summed E-state index contributed by atoms with van der Waals surface area (Å²) in [6.45, 7) is 3.00. The van der Waals surface area contributed by atoms with E-state index in [0.717, 1.165) is 0 Å². The Morgan fingerprint density at radius 1 is 1.29 bits per heavy atom. The van der Waals surface area contributed by atoms with E-state index in [1.54, 1.807) is 24.3 Å². The summed E-state index contributed by atoms with van der Waals surface area (Å²) in [6, 6.07) is 8.74. The molecule has 0 heterocycles. The van der Waals surface area contributed by atoms with Crippen LogP contribution in [0.2, 0.25) is 0 Å². The molecule has 0 amide bonds. The Hall–Kier alpha value is -1.35. The molecule has 0 saturated heterocycles. The zero-order valence-corrected chi connectivity index (χ0v) is 8.27. The van der Waals surface area contributed by atoms with Gasteiger partial charge in [-0.2, -0.15) is 0 Å². The largest absolute Gasteiger partial charge is 0.481 e. The third-order valence-electron chi connectivity index (χ3n) is 2.09. The van der Waals surface area contributed by atoms with E-state index in [1.807, 2.05) is 6.07 Å². The first kappa shape index (κ1) is 10.7. The summed E-state index contributed by atoms with van der Waals surface area (Å²) >= 11 is 0. The molecule has 3 heteroatoms. The molecule has 0 fully saturated rings. The molecule has 1 rings (SSSR count). The van der Waals surface area contributed by atoms with Crippen LogP contribution >= 0.6 is 0 Å². The standard InChI is InChI=1S/C11H14O3/c1-11(2,14)9(10(12)13)8-6-4-3-5-7-8/h3-7,9,14H,1-2H3,(H,12,13). The van der Waals surface area contributed by atoms with Crippen LogP contribution in [-0.4, -0.2) is 21.8 Å². The van der Waals surface area contributed by atoms with Gasteiger partial charge in [-0.3, -0.25) is 4.79 Å². The highest BCUT2D eigenvalue weighted by Crippen LogP contribution is 2.27. The highest BCUT2D eigenvalue weighted by molar-refractivity contribution is 5.77. The number of rotatable bonds is 3. The van der Waals surface area contributed by atoms with Crippen molar-refractivity contribution >= 4 is 5.97 Å². The molecule has 0 bridgehead atoms. The number of carbonyl (C=O) groups is 1. The molecule has 0 spiro atoms. The van der Waals surface area contributed by atoms with Crippen LogP contribution in [0.5, 0.6) is 0 Å². The first-order valence-electron chi connectivity index (χ1n) is 4.43. The number of benzene rings is 1. The Morgan fingerprint density at radius 3 is 2.14 bits per heavy atom. The molecular formula is C11H14O3. The van der Waals surface area contributed by atoms with Crippen molar-refractivity contribution in [1.29, 1.82) is 0 Å². The van der Waals surface area contributed by atoms with Crippen LogP contribution < -0.4 is 0 Å². The maximum atomic E-state index is 11.0. The van der Waals surface area contributed by atoms with Crippen LogP contribution in [0.15, 0.2) is 30.3 Å². The van der Waals surface area contributed by atoms with Crippen LogP contribution in [0.4, 0.5) is 0 Å². The quantitative estimate of drug-likeness (QED) is 0.768. The Balaban J connectivity index is 3.08. The van der Waals surface area contributed by atoms with E-state index in [1.165, 1.54) is 13.8 Å². The molecule has 1 atom stereocenters. The molecule has 0 aromatic heterocycles. The van der Waals surface area contributed by atoms with E-state index in [2.05, 4.69) is 0 Å². The van der Waals surface area contributed by atoms with Crippen LogP contribution in [-0.2, 0) is 4.79 Å². The molecule has 14 heavy (non-hydrogen) atoms. The summed E-state index contributed by atoms with van der Waals surface area (Å²) in [7, 11) is 0. The fourth-order valence-corrected chi connectivity index (χ4v) is 1.50. The number of aliphatic carboxylic acids is 1. The molecule has 76 valence electrons. The maximum Gasteiger partial charge on any atom is 0.313 e. The zero-order chi connectivity index (χ0) is 10.8. The molecule has 0 aliphatic heterocycles. The molecule has 0 radical (unpaired) electrons. The van der Waals surface area contributed by atoms with Crippen molar-refractivity contribution < 1.29 is 15.0 Å². The number of hydrogen-bond donors (Lipinski definition) is 2. The molecule has 1 aromatic carbocycles. The van der Waals surface area contributed by atoms with Crippen molar-refractivity contribution in [2.24, 2.45) is 0 Å². The molecule has 1 unspecified atom stereocenters. The highest BCUT2D eigenvalue weighted by Gasteiger charge is 2.34. The average molecular weight is 194 g/mol. The van der Waals surface area contributed by atoms with Crippen molar-refractivity contribution in [3.05, 3.63) is 35.9 Å². The van der Waals surface area contributed by atoms with Crippen LogP contribution in [0.1, 0.15) is 25.3 Å². The molecule has 0 aliphatic rings. The minimum absolute atomic E-state index is 0.618. The predicted octanol–water partition coefficient (Wildman–Crippen LogP) is 1.63. The minimum atomic E-state index is -1.26. The number of aliphatic hydroxyl groups is 1. The van der Waals surface area contributed by atoms with Crippen molar-refractivity contribution in [1.82, 2.24) is 0 Å². The van der Waals surface area contributed by atoms with Crippen molar-refractivity contribution in [3.8, 4) is 0 Å². The second kappa shape index (κ2) is 3.80. The normalized spacial score (nSPS) is 13.6. The fraction of sp³-hybridized carbons (Fsp3) is 0.364. The smallest absolute Gasteiger partial charge is 0.313 e. The van der Waals surface area contributed by atoms with E-state index in [0.29, 0.717) is 5.56 Å². The van der Waals surface area contributed by atoms with Crippen molar-refractivity contribution in [2.75, 3.05) is 0 Å². The van der Waals surface area contributed by atoms with Gasteiger partial charge < -0.3 is 10.2 Å². The zero-order valence-electron chi connectivity index (χ0n) is 8.27. The van der Waals surface area contributed by atoms with E-state index in [-0.39, 0.29) is 0 Å². The number of carboxylic acid groups (broad SMARTS) is 1. The second-order valence-electron chi connectivity index (χ2n) is 3.84. The van der Waals surface area contributed by atoms with Crippen LogP contribution in [0, 0.1) is 0 Å². The lowest BCUT2D eigenvalue weighted by Gasteiger charge is -2.25. The van der Waals surface area contributed by atoms with Crippen molar-refractivity contribution in [2.45, 2.75) is 25.4 Å². The van der Waals surface area contributed by atoms with E-state index < -0.39 is 17.5 Å². The Kier molecular flexibility index (Phi) is 2.91. The Labute approximate surface area is 83.0 Å². The third-order valence-corrected chi connectivity index (χ3v) is 2.09. The Bertz CT molecular complexity index is 311. The van der Waals surface area contributed by atoms with Gasteiger partial charge in [0.1, 0.15) is 5.92 Å². The first-order valence-corrected chi connectivity index (χ1v) is 4.43. The monoisotopic (exact) mass is 194 g/mol. The summed E-state index contributed by atoms with van der Waals surface area (Å²) in [6.07, 6.45) is 0. The van der Waals surface area contributed by atoms with Gasteiger partial charge in [0.25, 0.3) is 0 Å². The summed E-state index contributed by atoms with van der Waals surface area (Å²) in [5.41, 5.74) is -0.639. The van der Waals surface area contributed by atoms with Gasteiger partial charge in [0, 0.05) is 0 Å². The lowest BCUT2D eigenvalue weighted by Crippen LogP contribution is -2.34. The lowest BCUT2D eigenvalue weighted by atomic mass is 9.85. The van der Waals surface area contributed by atoms with E-state index in [9.17, 15) is 9.90 Å². The maximum absolute atomic E-state index is 11.0. The lowest BCUT2D eigenvalue weighted by molar-refractivity contribution is -0.144. The van der Waals surface area contributed by atoms with Crippen LogP contribution in [0.3, 0.4) is 0 Å². The number of carboxylic acids is 1. The summed E-state index contributed by atoms with van der Waals surface area (Å²) in [5.74, 6) is -1.90. The molecule has 3 nitrogen and oxygen atoms in total. The van der Waals surface area contributed by atoms with Gasteiger partial charge in [-0.05, 0) is 19.4 Å². The van der Waals surface area contributed by atoms with Gasteiger partial charge in [-0.25, -0.2) is 0 Å². The minimum Gasteiger partial charge on any atom is -0.481 e. The molecule has 2 N–H and O–H groups in total. The van der Waals surface area contributed by atoms with E-state index >= 15 is 0 Å². The molecule has 0 aliphatic carbocycles.